The van der Waals surface area contributed by atoms with Gasteiger partial charge in [0.1, 0.15) is 0 Å². The molecule has 0 radical (unpaired) electrons. The van der Waals surface area contributed by atoms with Gasteiger partial charge in [-0.2, -0.15) is 11.8 Å². The molecule has 4 nitrogen and oxygen atoms in total. The third kappa shape index (κ3) is 3.77. The van der Waals surface area contributed by atoms with Gasteiger partial charge in [0, 0.05) is 43.5 Å². The Labute approximate surface area is 130 Å². The van der Waals surface area contributed by atoms with Crippen molar-refractivity contribution >= 4 is 17.7 Å². The van der Waals surface area contributed by atoms with Crippen LogP contribution in [0, 0.1) is 0 Å². The second kappa shape index (κ2) is 7.27. The predicted molar refractivity (Wildman–Crippen MR) is 86.4 cm³/mol. The van der Waals surface area contributed by atoms with Crippen LogP contribution in [-0.4, -0.2) is 64.4 Å². The number of thioether (sulfide) groups is 1. The predicted octanol–water partition coefficient (Wildman–Crippen LogP) is 1.66. The van der Waals surface area contributed by atoms with Crippen LogP contribution in [0.4, 0.5) is 0 Å². The standard InChI is InChI=1S/C16H23N3OS/c20-16(19-10-12-21-13-11-19)15-2-1-8-18(15)9-5-14-3-6-17-7-4-14/h3-4,6-7,15H,1-2,5,8-13H2/t15-/m0/s1. The molecule has 0 saturated carbocycles. The first-order valence-corrected chi connectivity index (χ1v) is 8.99. The Kier molecular flexibility index (Phi) is 5.14. The Bertz CT molecular complexity index is 462. The maximum atomic E-state index is 12.7. The van der Waals surface area contributed by atoms with Crippen molar-refractivity contribution in [2.24, 2.45) is 0 Å². The summed E-state index contributed by atoms with van der Waals surface area (Å²) in [5.41, 5.74) is 1.30. The van der Waals surface area contributed by atoms with Gasteiger partial charge in [-0.1, -0.05) is 0 Å². The number of carbonyl (C=O) groups is 1. The quantitative estimate of drug-likeness (QED) is 0.848. The van der Waals surface area contributed by atoms with Gasteiger partial charge in [0.05, 0.1) is 6.04 Å². The Hall–Kier alpha value is -1.07. The molecule has 2 fully saturated rings. The van der Waals surface area contributed by atoms with Crippen molar-refractivity contribution in [2.75, 3.05) is 37.7 Å². The molecule has 21 heavy (non-hydrogen) atoms. The fourth-order valence-electron chi connectivity index (χ4n) is 3.19. The lowest BCUT2D eigenvalue weighted by molar-refractivity contribution is -0.135. The summed E-state index contributed by atoms with van der Waals surface area (Å²) in [5, 5.41) is 0. The van der Waals surface area contributed by atoms with Crippen LogP contribution in [-0.2, 0) is 11.2 Å². The third-order valence-electron chi connectivity index (χ3n) is 4.41. The van der Waals surface area contributed by atoms with Crippen LogP contribution in [0.3, 0.4) is 0 Å². The highest BCUT2D eigenvalue weighted by Gasteiger charge is 2.33. The lowest BCUT2D eigenvalue weighted by Gasteiger charge is -2.32. The first kappa shape index (κ1) is 14.9. The lowest BCUT2D eigenvalue weighted by atomic mass is 10.1. The van der Waals surface area contributed by atoms with E-state index in [0.717, 1.165) is 56.9 Å². The van der Waals surface area contributed by atoms with Crippen molar-refractivity contribution in [1.82, 2.24) is 14.8 Å². The van der Waals surface area contributed by atoms with E-state index in [1.165, 1.54) is 5.56 Å². The van der Waals surface area contributed by atoms with E-state index in [1.807, 2.05) is 24.2 Å². The number of carbonyl (C=O) groups excluding carboxylic acids is 1. The van der Waals surface area contributed by atoms with E-state index in [-0.39, 0.29) is 6.04 Å². The number of likely N-dealkylation sites (tertiary alicyclic amines) is 1. The molecule has 0 unspecified atom stereocenters. The highest BCUT2D eigenvalue weighted by atomic mass is 32.2. The molecule has 3 rings (SSSR count). The zero-order chi connectivity index (χ0) is 14.5. The number of hydrogen-bond acceptors (Lipinski definition) is 4. The SMILES string of the molecule is O=C([C@@H]1CCCN1CCc1ccncc1)N1CCSCC1. The largest absolute Gasteiger partial charge is 0.340 e. The minimum atomic E-state index is 0.120. The molecule has 0 bridgehead atoms. The number of amides is 1. The van der Waals surface area contributed by atoms with Gasteiger partial charge in [-0.05, 0) is 43.5 Å². The molecule has 1 aromatic rings. The van der Waals surface area contributed by atoms with Gasteiger partial charge >= 0.3 is 0 Å². The Morgan fingerprint density at radius 3 is 2.76 bits per heavy atom. The van der Waals surface area contributed by atoms with Gasteiger partial charge in [-0.3, -0.25) is 14.7 Å². The van der Waals surface area contributed by atoms with Gasteiger partial charge in [-0.25, -0.2) is 0 Å². The van der Waals surface area contributed by atoms with Crippen molar-refractivity contribution in [2.45, 2.75) is 25.3 Å². The number of aromatic nitrogens is 1. The second-order valence-electron chi connectivity index (χ2n) is 5.74. The van der Waals surface area contributed by atoms with Crippen LogP contribution in [0.5, 0.6) is 0 Å². The van der Waals surface area contributed by atoms with Gasteiger partial charge in [0.2, 0.25) is 5.91 Å². The zero-order valence-corrected chi connectivity index (χ0v) is 13.2. The van der Waals surface area contributed by atoms with Crippen molar-refractivity contribution in [1.29, 1.82) is 0 Å². The average Bonchev–Trinajstić information content (AvgIpc) is 3.02. The molecule has 114 valence electrons. The van der Waals surface area contributed by atoms with E-state index in [4.69, 9.17) is 0 Å². The molecule has 0 aliphatic carbocycles. The van der Waals surface area contributed by atoms with Crippen LogP contribution >= 0.6 is 11.8 Å². The summed E-state index contributed by atoms with van der Waals surface area (Å²) in [6, 6.07) is 4.25. The van der Waals surface area contributed by atoms with Crippen molar-refractivity contribution in [3.63, 3.8) is 0 Å². The summed E-state index contributed by atoms with van der Waals surface area (Å²) < 4.78 is 0. The first-order valence-electron chi connectivity index (χ1n) is 7.84. The minimum Gasteiger partial charge on any atom is -0.340 e. The van der Waals surface area contributed by atoms with E-state index in [1.54, 1.807) is 0 Å². The maximum Gasteiger partial charge on any atom is 0.239 e. The maximum absolute atomic E-state index is 12.7. The van der Waals surface area contributed by atoms with Gasteiger partial charge < -0.3 is 4.90 Å². The molecule has 1 aromatic heterocycles. The smallest absolute Gasteiger partial charge is 0.239 e. The molecule has 2 aliphatic rings. The van der Waals surface area contributed by atoms with Crippen LogP contribution in [0.2, 0.25) is 0 Å². The highest BCUT2D eigenvalue weighted by molar-refractivity contribution is 7.99. The van der Waals surface area contributed by atoms with Crippen molar-refractivity contribution in [3.05, 3.63) is 30.1 Å². The Morgan fingerprint density at radius 1 is 1.24 bits per heavy atom. The molecule has 2 aliphatic heterocycles. The normalized spacial score (nSPS) is 23.4. The van der Waals surface area contributed by atoms with Crippen LogP contribution in [0.15, 0.2) is 24.5 Å². The number of hydrogen-bond donors (Lipinski definition) is 0. The molecule has 5 heteroatoms. The number of rotatable bonds is 4. The number of pyridine rings is 1. The first-order chi connectivity index (χ1) is 10.3. The van der Waals surface area contributed by atoms with Gasteiger partial charge in [0.15, 0.2) is 0 Å². The molecular formula is C16H23N3OS. The molecule has 1 amide bonds. The van der Waals surface area contributed by atoms with Gasteiger partial charge in [0.25, 0.3) is 0 Å². The zero-order valence-electron chi connectivity index (χ0n) is 12.4. The van der Waals surface area contributed by atoms with E-state index in [2.05, 4.69) is 26.9 Å². The Balaban J connectivity index is 1.56. The summed E-state index contributed by atoms with van der Waals surface area (Å²) in [6.07, 6.45) is 6.86. The molecule has 0 spiro atoms. The minimum absolute atomic E-state index is 0.120. The molecule has 2 saturated heterocycles. The van der Waals surface area contributed by atoms with E-state index in [0.29, 0.717) is 5.91 Å². The molecule has 0 aromatic carbocycles. The summed E-state index contributed by atoms with van der Waals surface area (Å²) in [6.45, 7) is 3.89. The fraction of sp³-hybridized carbons (Fsp3) is 0.625. The fourth-order valence-corrected chi connectivity index (χ4v) is 4.09. The summed E-state index contributed by atoms with van der Waals surface area (Å²) >= 11 is 1.95. The van der Waals surface area contributed by atoms with E-state index in [9.17, 15) is 4.79 Å². The van der Waals surface area contributed by atoms with Crippen molar-refractivity contribution < 1.29 is 4.79 Å². The monoisotopic (exact) mass is 305 g/mol. The topological polar surface area (TPSA) is 36.4 Å². The summed E-state index contributed by atoms with van der Waals surface area (Å²) in [4.78, 5) is 21.2. The lowest BCUT2D eigenvalue weighted by Crippen LogP contribution is -2.48. The van der Waals surface area contributed by atoms with Gasteiger partial charge in [-0.15, -0.1) is 0 Å². The molecule has 1 atom stereocenters. The number of nitrogens with zero attached hydrogens (tertiary/aromatic N) is 3. The highest BCUT2D eigenvalue weighted by Crippen LogP contribution is 2.21. The molecule has 0 N–H and O–H groups in total. The second-order valence-corrected chi connectivity index (χ2v) is 6.96. The molecular weight excluding hydrogens is 282 g/mol. The third-order valence-corrected chi connectivity index (χ3v) is 5.35. The van der Waals surface area contributed by atoms with Crippen LogP contribution in [0.1, 0.15) is 18.4 Å². The van der Waals surface area contributed by atoms with E-state index < -0.39 is 0 Å². The Morgan fingerprint density at radius 2 is 2.00 bits per heavy atom. The van der Waals surface area contributed by atoms with Crippen LogP contribution in [0.25, 0.3) is 0 Å². The van der Waals surface area contributed by atoms with Crippen molar-refractivity contribution in [3.8, 4) is 0 Å². The molecule has 3 heterocycles. The van der Waals surface area contributed by atoms with Crippen LogP contribution < -0.4 is 0 Å². The summed E-state index contributed by atoms with van der Waals surface area (Å²) in [5.74, 6) is 2.55. The van der Waals surface area contributed by atoms with E-state index >= 15 is 0 Å². The average molecular weight is 305 g/mol. The summed E-state index contributed by atoms with van der Waals surface area (Å²) in [7, 11) is 0.